The molecule has 1 atom stereocenters. The van der Waals surface area contributed by atoms with Crippen LogP contribution in [0.5, 0.6) is 0 Å². The van der Waals surface area contributed by atoms with E-state index in [9.17, 15) is 0 Å². The molecule has 3 heteroatoms. The van der Waals surface area contributed by atoms with Crippen LogP contribution in [0.25, 0.3) is 10.9 Å². The number of nitrogens with two attached hydrogens (primary N) is 1. The highest BCUT2D eigenvalue weighted by Gasteiger charge is 2.09. The van der Waals surface area contributed by atoms with Gasteiger partial charge in [0.2, 0.25) is 0 Å². The van der Waals surface area contributed by atoms with E-state index in [-0.39, 0.29) is 6.04 Å². The van der Waals surface area contributed by atoms with Crippen molar-refractivity contribution in [3.05, 3.63) is 72.3 Å². The molecule has 1 unspecified atom stereocenters. The van der Waals surface area contributed by atoms with Gasteiger partial charge in [0.1, 0.15) is 5.82 Å². The predicted molar refractivity (Wildman–Crippen MR) is 83.6 cm³/mol. The Bertz CT molecular complexity index is 695. The van der Waals surface area contributed by atoms with Gasteiger partial charge in [-0.3, -0.25) is 0 Å². The summed E-state index contributed by atoms with van der Waals surface area (Å²) in [5.41, 5.74) is 8.03. The van der Waals surface area contributed by atoms with Crippen molar-refractivity contribution in [2.24, 2.45) is 5.73 Å². The molecule has 3 N–H and O–H groups in total. The average Bonchev–Trinajstić information content (AvgIpc) is 2.53. The summed E-state index contributed by atoms with van der Waals surface area (Å²) in [6.07, 6.45) is 0. The Morgan fingerprint density at radius 1 is 0.900 bits per heavy atom. The molecule has 3 aromatic rings. The van der Waals surface area contributed by atoms with E-state index in [0.29, 0.717) is 6.54 Å². The van der Waals surface area contributed by atoms with Crippen LogP contribution in [0.2, 0.25) is 0 Å². The fraction of sp³-hybridized carbons (Fsp3) is 0.118. The Hall–Kier alpha value is -2.39. The zero-order valence-electron chi connectivity index (χ0n) is 11.2. The molecule has 0 aliphatic carbocycles. The molecule has 0 radical (unpaired) electrons. The summed E-state index contributed by atoms with van der Waals surface area (Å²) >= 11 is 0. The van der Waals surface area contributed by atoms with Crippen LogP contribution in [-0.2, 0) is 0 Å². The second kappa shape index (κ2) is 5.72. The van der Waals surface area contributed by atoms with Gasteiger partial charge < -0.3 is 11.1 Å². The molecule has 0 saturated carbocycles. The van der Waals surface area contributed by atoms with E-state index in [1.165, 1.54) is 5.56 Å². The molecular formula is C17H17N3. The van der Waals surface area contributed by atoms with Gasteiger partial charge in [0, 0.05) is 11.9 Å². The highest BCUT2D eigenvalue weighted by Crippen LogP contribution is 2.20. The minimum absolute atomic E-state index is 0.0739. The number of rotatable bonds is 4. The number of hydrogen-bond donors (Lipinski definition) is 2. The predicted octanol–water partition coefficient (Wildman–Crippen LogP) is 3.35. The number of nitrogens with one attached hydrogen (secondary N) is 1. The van der Waals surface area contributed by atoms with Crippen molar-refractivity contribution in [3.63, 3.8) is 0 Å². The summed E-state index contributed by atoms with van der Waals surface area (Å²) in [5.74, 6) is 0.850. The van der Waals surface area contributed by atoms with E-state index in [4.69, 9.17) is 5.73 Å². The SMILES string of the molecule is NCC(Nc1ccc2ccccc2n1)c1ccccc1. The molecule has 100 valence electrons. The van der Waals surface area contributed by atoms with Crippen molar-refractivity contribution in [2.75, 3.05) is 11.9 Å². The number of fused-ring (bicyclic) bond motifs is 1. The summed E-state index contributed by atoms with van der Waals surface area (Å²) in [4.78, 5) is 4.62. The van der Waals surface area contributed by atoms with E-state index in [1.807, 2.05) is 42.5 Å². The molecule has 0 bridgehead atoms. The normalized spacial score (nSPS) is 12.2. The average molecular weight is 263 g/mol. The zero-order valence-corrected chi connectivity index (χ0v) is 11.2. The summed E-state index contributed by atoms with van der Waals surface area (Å²) in [7, 11) is 0. The van der Waals surface area contributed by atoms with Gasteiger partial charge in [0.05, 0.1) is 11.6 Å². The van der Waals surface area contributed by atoms with Crippen LogP contribution in [-0.4, -0.2) is 11.5 Å². The van der Waals surface area contributed by atoms with Crippen molar-refractivity contribution >= 4 is 16.7 Å². The minimum Gasteiger partial charge on any atom is -0.362 e. The molecule has 0 fully saturated rings. The lowest BCUT2D eigenvalue weighted by molar-refractivity contribution is 0.785. The number of aromatic nitrogens is 1. The standard InChI is InChI=1S/C17H17N3/c18-12-16(13-6-2-1-3-7-13)20-17-11-10-14-8-4-5-9-15(14)19-17/h1-11,16H,12,18H2,(H,19,20). The van der Waals surface area contributed by atoms with E-state index >= 15 is 0 Å². The third-order valence-corrected chi connectivity index (χ3v) is 3.36. The van der Waals surface area contributed by atoms with Gasteiger partial charge in [-0.15, -0.1) is 0 Å². The molecule has 3 nitrogen and oxygen atoms in total. The maximum absolute atomic E-state index is 5.88. The number of para-hydroxylation sites is 1. The van der Waals surface area contributed by atoms with E-state index in [0.717, 1.165) is 16.7 Å². The first-order valence-corrected chi connectivity index (χ1v) is 6.74. The van der Waals surface area contributed by atoms with Crippen LogP contribution in [0.4, 0.5) is 5.82 Å². The van der Waals surface area contributed by atoms with Crippen molar-refractivity contribution in [2.45, 2.75) is 6.04 Å². The smallest absolute Gasteiger partial charge is 0.127 e. The molecule has 0 aliphatic rings. The summed E-state index contributed by atoms with van der Waals surface area (Å²) < 4.78 is 0. The number of pyridine rings is 1. The molecule has 0 amide bonds. The van der Waals surface area contributed by atoms with Gasteiger partial charge >= 0.3 is 0 Å². The van der Waals surface area contributed by atoms with E-state index < -0.39 is 0 Å². The molecule has 2 aromatic carbocycles. The maximum Gasteiger partial charge on any atom is 0.127 e. The second-order valence-corrected chi connectivity index (χ2v) is 4.73. The lowest BCUT2D eigenvalue weighted by atomic mass is 10.1. The van der Waals surface area contributed by atoms with Crippen LogP contribution in [0.15, 0.2) is 66.7 Å². The van der Waals surface area contributed by atoms with Crippen molar-refractivity contribution in [1.29, 1.82) is 0 Å². The quantitative estimate of drug-likeness (QED) is 0.759. The first kappa shape index (κ1) is 12.6. The van der Waals surface area contributed by atoms with Gasteiger partial charge in [0.25, 0.3) is 0 Å². The van der Waals surface area contributed by atoms with Gasteiger partial charge in [-0.25, -0.2) is 4.98 Å². The van der Waals surface area contributed by atoms with Crippen molar-refractivity contribution in [3.8, 4) is 0 Å². The van der Waals surface area contributed by atoms with Crippen LogP contribution in [0.1, 0.15) is 11.6 Å². The fourth-order valence-corrected chi connectivity index (χ4v) is 2.29. The largest absolute Gasteiger partial charge is 0.362 e. The first-order chi connectivity index (χ1) is 9.86. The highest BCUT2D eigenvalue weighted by atomic mass is 15.0. The summed E-state index contributed by atoms with van der Waals surface area (Å²) in [6.45, 7) is 0.526. The Balaban J connectivity index is 1.87. The van der Waals surface area contributed by atoms with E-state index in [2.05, 4.69) is 34.6 Å². The van der Waals surface area contributed by atoms with Crippen molar-refractivity contribution < 1.29 is 0 Å². The van der Waals surface area contributed by atoms with Gasteiger partial charge in [-0.1, -0.05) is 48.5 Å². The molecule has 0 saturated heterocycles. The third kappa shape index (κ3) is 2.63. The van der Waals surface area contributed by atoms with Crippen molar-refractivity contribution in [1.82, 2.24) is 4.98 Å². The minimum atomic E-state index is 0.0739. The fourth-order valence-electron chi connectivity index (χ4n) is 2.29. The van der Waals surface area contributed by atoms with Crippen LogP contribution >= 0.6 is 0 Å². The van der Waals surface area contributed by atoms with Gasteiger partial charge in [-0.2, -0.15) is 0 Å². The lowest BCUT2D eigenvalue weighted by Gasteiger charge is -2.18. The molecule has 0 aliphatic heterocycles. The monoisotopic (exact) mass is 263 g/mol. The summed E-state index contributed by atoms with van der Waals surface area (Å²) in [6, 6.07) is 22.4. The maximum atomic E-state index is 5.88. The van der Waals surface area contributed by atoms with Crippen LogP contribution < -0.4 is 11.1 Å². The number of benzene rings is 2. The van der Waals surface area contributed by atoms with E-state index in [1.54, 1.807) is 0 Å². The van der Waals surface area contributed by atoms with Gasteiger partial charge in [0.15, 0.2) is 0 Å². The molecule has 3 rings (SSSR count). The summed E-state index contributed by atoms with van der Waals surface area (Å²) in [5, 5.41) is 4.54. The molecule has 20 heavy (non-hydrogen) atoms. The van der Waals surface area contributed by atoms with Crippen LogP contribution in [0.3, 0.4) is 0 Å². The Labute approximate surface area is 118 Å². The lowest BCUT2D eigenvalue weighted by Crippen LogP contribution is -2.21. The molecular weight excluding hydrogens is 246 g/mol. The molecule has 1 aromatic heterocycles. The first-order valence-electron chi connectivity index (χ1n) is 6.74. The second-order valence-electron chi connectivity index (χ2n) is 4.73. The topological polar surface area (TPSA) is 50.9 Å². The Morgan fingerprint density at radius 2 is 1.65 bits per heavy atom. The molecule has 1 heterocycles. The third-order valence-electron chi connectivity index (χ3n) is 3.36. The number of hydrogen-bond acceptors (Lipinski definition) is 3. The number of nitrogens with zero attached hydrogens (tertiary/aromatic N) is 1. The van der Waals surface area contributed by atoms with Crippen LogP contribution in [0, 0.1) is 0 Å². The zero-order chi connectivity index (χ0) is 13.8. The Morgan fingerprint density at radius 3 is 2.45 bits per heavy atom. The highest BCUT2D eigenvalue weighted by molar-refractivity contribution is 5.80. The molecule has 0 spiro atoms. The number of anilines is 1. The van der Waals surface area contributed by atoms with Gasteiger partial charge in [-0.05, 0) is 23.8 Å². The Kier molecular flexibility index (Phi) is 3.61.